The van der Waals surface area contributed by atoms with Crippen molar-refractivity contribution in [2.75, 3.05) is 18.6 Å². The molecule has 0 saturated carbocycles. The predicted octanol–water partition coefficient (Wildman–Crippen LogP) is 2.98. The van der Waals surface area contributed by atoms with Gasteiger partial charge in [-0.15, -0.1) is 0 Å². The molecule has 0 bridgehead atoms. The largest absolute Gasteiger partial charge is 0.388 e. The molecule has 0 fully saturated rings. The van der Waals surface area contributed by atoms with E-state index in [4.69, 9.17) is 0 Å². The van der Waals surface area contributed by atoms with Crippen LogP contribution in [-0.2, 0) is 0 Å². The highest BCUT2D eigenvalue weighted by atomic mass is 32.2. The molecule has 2 atom stereocenters. The summed E-state index contributed by atoms with van der Waals surface area (Å²) in [6.07, 6.45) is 2.75. The molecule has 2 unspecified atom stereocenters. The van der Waals surface area contributed by atoms with Gasteiger partial charge < -0.3 is 10.4 Å². The standard InChI is InChI=1S/C14H22FNOS/c1-4-13(11-7-5-6-8-12(11)15)16-9-14(2,17)10-18-3/h5-8,13,16-17H,4,9-10H2,1-3H3. The lowest BCUT2D eigenvalue weighted by Gasteiger charge is -2.26. The molecular formula is C14H22FNOS. The lowest BCUT2D eigenvalue weighted by molar-refractivity contribution is 0.0810. The van der Waals surface area contributed by atoms with E-state index in [0.29, 0.717) is 17.9 Å². The zero-order chi connectivity index (χ0) is 13.6. The molecule has 4 heteroatoms. The van der Waals surface area contributed by atoms with E-state index in [1.807, 2.05) is 19.2 Å². The van der Waals surface area contributed by atoms with Crippen molar-refractivity contribution in [1.82, 2.24) is 5.32 Å². The van der Waals surface area contributed by atoms with Gasteiger partial charge in [0.15, 0.2) is 0 Å². The van der Waals surface area contributed by atoms with Crippen LogP contribution in [0, 0.1) is 5.82 Å². The van der Waals surface area contributed by atoms with E-state index in [-0.39, 0.29) is 11.9 Å². The maximum atomic E-state index is 13.7. The number of nitrogens with one attached hydrogen (secondary N) is 1. The zero-order valence-electron chi connectivity index (χ0n) is 11.2. The highest BCUT2D eigenvalue weighted by Gasteiger charge is 2.22. The summed E-state index contributed by atoms with van der Waals surface area (Å²) >= 11 is 1.60. The van der Waals surface area contributed by atoms with Crippen LogP contribution in [0.25, 0.3) is 0 Å². The number of aliphatic hydroxyl groups is 1. The lowest BCUT2D eigenvalue weighted by atomic mass is 10.0. The summed E-state index contributed by atoms with van der Waals surface area (Å²) in [7, 11) is 0. The van der Waals surface area contributed by atoms with Crippen LogP contribution < -0.4 is 5.32 Å². The van der Waals surface area contributed by atoms with Gasteiger partial charge in [-0.2, -0.15) is 11.8 Å². The van der Waals surface area contributed by atoms with Gasteiger partial charge in [0, 0.05) is 23.9 Å². The molecule has 0 heterocycles. The van der Waals surface area contributed by atoms with Crippen LogP contribution in [0.4, 0.5) is 4.39 Å². The fourth-order valence-corrected chi connectivity index (χ4v) is 2.66. The maximum Gasteiger partial charge on any atom is 0.127 e. The Balaban J connectivity index is 2.66. The first-order valence-corrected chi connectivity index (χ1v) is 7.58. The number of halogens is 1. The Morgan fingerprint density at radius 1 is 1.44 bits per heavy atom. The van der Waals surface area contributed by atoms with Gasteiger partial charge in [-0.3, -0.25) is 0 Å². The van der Waals surface area contributed by atoms with Crippen LogP contribution in [0.15, 0.2) is 24.3 Å². The third kappa shape index (κ3) is 4.59. The van der Waals surface area contributed by atoms with Gasteiger partial charge in [-0.1, -0.05) is 25.1 Å². The summed E-state index contributed by atoms with van der Waals surface area (Å²) in [5.41, 5.74) is -0.0992. The van der Waals surface area contributed by atoms with Crippen molar-refractivity contribution in [3.8, 4) is 0 Å². The normalized spacial score (nSPS) is 16.3. The Kier molecular flexibility index (Phi) is 6.12. The van der Waals surface area contributed by atoms with Crippen molar-refractivity contribution in [1.29, 1.82) is 0 Å². The van der Waals surface area contributed by atoms with Crippen molar-refractivity contribution in [2.45, 2.75) is 31.9 Å². The molecule has 0 aliphatic carbocycles. The van der Waals surface area contributed by atoms with Gasteiger partial charge in [0.1, 0.15) is 5.82 Å². The van der Waals surface area contributed by atoms with Crippen molar-refractivity contribution in [3.05, 3.63) is 35.6 Å². The van der Waals surface area contributed by atoms with Crippen molar-refractivity contribution < 1.29 is 9.50 Å². The number of hydrogen-bond donors (Lipinski definition) is 2. The monoisotopic (exact) mass is 271 g/mol. The van der Waals surface area contributed by atoms with Crippen molar-refractivity contribution >= 4 is 11.8 Å². The Morgan fingerprint density at radius 3 is 2.67 bits per heavy atom. The van der Waals surface area contributed by atoms with Crippen LogP contribution in [0.1, 0.15) is 31.9 Å². The first-order valence-electron chi connectivity index (χ1n) is 6.19. The Hall–Kier alpha value is -0.580. The molecule has 0 amide bonds. The Bertz CT molecular complexity index is 371. The predicted molar refractivity (Wildman–Crippen MR) is 76.4 cm³/mol. The maximum absolute atomic E-state index is 13.7. The van der Waals surface area contributed by atoms with E-state index in [2.05, 4.69) is 5.32 Å². The third-order valence-corrected chi connectivity index (χ3v) is 3.78. The molecule has 1 aromatic carbocycles. The van der Waals surface area contributed by atoms with Gasteiger partial charge in [0.25, 0.3) is 0 Å². The second-order valence-electron chi connectivity index (χ2n) is 4.79. The van der Waals surface area contributed by atoms with Crippen molar-refractivity contribution in [3.63, 3.8) is 0 Å². The second kappa shape index (κ2) is 7.12. The van der Waals surface area contributed by atoms with E-state index in [1.54, 1.807) is 30.8 Å². The van der Waals surface area contributed by atoms with Crippen LogP contribution in [0.3, 0.4) is 0 Å². The Morgan fingerprint density at radius 2 is 2.11 bits per heavy atom. The van der Waals surface area contributed by atoms with Gasteiger partial charge in [-0.05, 0) is 25.7 Å². The van der Waals surface area contributed by atoms with Gasteiger partial charge in [0.2, 0.25) is 0 Å². The van der Waals surface area contributed by atoms with Crippen LogP contribution in [-0.4, -0.2) is 29.3 Å². The minimum absolute atomic E-state index is 0.0560. The quantitative estimate of drug-likeness (QED) is 0.799. The zero-order valence-corrected chi connectivity index (χ0v) is 12.1. The summed E-state index contributed by atoms with van der Waals surface area (Å²) < 4.78 is 13.7. The van der Waals surface area contributed by atoms with Gasteiger partial charge in [-0.25, -0.2) is 4.39 Å². The summed E-state index contributed by atoms with van der Waals surface area (Å²) in [6.45, 7) is 4.26. The summed E-state index contributed by atoms with van der Waals surface area (Å²) in [4.78, 5) is 0. The highest BCUT2D eigenvalue weighted by Crippen LogP contribution is 2.20. The molecule has 1 aromatic rings. The third-order valence-electron chi connectivity index (χ3n) is 2.87. The fourth-order valence-electron chi connectivity index (χ4n) is 1.94. The first-order chi connectivity index (χ1) is 8.50. The molecule has 0 saturated heterocycles. The fraction of sp³-hybridized carbons (Fsp3) is 0.571. The average molecular weight is 271 g/mol. The van der Waals surface area contributed by atoms with E-state index < -0.39 is 5.60 Å². The molecule has 2 N–H and O–H groups in total. The molecule has 0 aliphatic rings. The molecule has 1 rings (SSSR count). The van der Waals surface area contributed by atoms with Crippen LogP contribution >= 0.6 is 11.8 Å². The van der Waals surface area contributed by atoms with E-state index in [9.17, 15) is 9.50 Å². The van der Waals surface area contributed by atoms with Gasteiger partial charge >= 0.3 is 0 Å². The molecule has 0 aromatic heterocycles. The molecule has 0 aliphatic heterocycles. The summed E-state index contributed by atoms with van der Waals surface area (Å²) in [5.74, 6) is 0.467. The molecule has 0 spiro atoms. The molecule has 102 valence electrons. The lowest BCUT2D eigenvalue weighted by Crippen LogP contribution is -2.41. The summed E-state index contributed by atoms with van der Waals surface area (Å²) in [6, 6.07) is 6.73. The van der Waals surface area contributed by atoms with Gasteiger partial charge in [0.05, 0.1) is 5.60 Å². The molecule has 2 nitrogen and oxygen atoms in total. The van der Waals surface area contributed by atoms with Crippen LogP contribution in [0.2, 0.25) is 0 Å². The number of benzene rings is 1. The smallest absolute Gasteiger partial charge is 0.127 e. The van der Waals surface area contributed by atoms with Crippen molar-refractivity contribution in [2.24, 2.45) is 0 Å². The minimum atomic E-state index is -0.766. The highest BCUT2D eigenvalue weighted by molar-refractivity contribution is 7.98. The van der Waals surface area contributed by atoms with E-state index in [1.165, 1.54) is 6.07 Å². The minimum Gasteiger partial charge on any atom is -0.388 e. The van der Waals surface area contributed by atoms with Crippen LogP contribution in [0.5, 0.6) is 0 Å². The first kappa shape index (κ1) is 15.5. The number of thioether (sulfide) groups is 1. The average Bonchev–Trinajstić information content (AvgIpc) is 2.32. The topological polar surface area (TPSA) is 32.3 Å². The number of hydrogen-bond acceptors (Lipinski definition) is 3. The van der Waals surface area contributed by atoms with E-state index in [0.717, 1.165) is 6.42 Å². The SMILES string of the molecule is CCC(NCC(C)(O)CSC)c1ccccc1F. The van der Waals surface area contributed by atoms with E-state index >= 15 is 0 Å². The summed E-state index contributed by atoms with van der Waals surface area (Å²) in [5, 5.41) is 13.3. The molecule has 18 heavy (non-hydrogen) atoms. The molecule has 0 radical (unpaired) electrons. The second-order valence-corrected chi connectivity index (χ2v) is 5.66. The Labute approximate surface area is 113 Å². The number of rotatable bonds is 7. The molecular weight excluding hydrogens is 249 g/mol.